The first-order chi connectivity index (χ1) is 7.90. The molecule has 94 valence electrons. The molecule has 17 heavy (non-hydrogen) atoms. The van der Waals surface area contributed by atoms with Crippen molar-refractivity contribution in [2.24, 2.45) is 5.92 Å². The van der Waals surface area contributed by atoms with Crippen molar-refractivity contribution in [2.45, 2.75) is 33.3 Å². The number of hydrogen-bond donors (Lipinski definition) is 2. The molecule has 0 heterocycles. The third kappa shape index (κ3) is 4.36. The Bertz CT molecular complexity index is 404. The number of carbonyl (C=O) groups is 1. The topological polar surface area (TPSA) is 49.3 Å². The summed E-state index contributed by atoms with van der Waals surface area (Å²) in [6.07, 6.45) is -0.498. The summed E-state index contributed by atoms with van der Waals surface area (Å²) in [6, 6.07) is 5.27. The van der Waals surface area contributed by atoms with E-state index >= 15 is 0 Å². The van der Waals surface area contributed by atoms with Crippen molar-refractivity contribution in [3.05, 3.63) is 28.8 Å². The van der Waals surface area contributed by atoms with Gasteiger partial charge in [-0.2, -0.15) is 0 Å². The Morgan fingerprint density at radius 2 is 2.12 bits per heavy atom. The van der Waals surface area contributed by atoms with E-state index in [0.29, 0.717) is 5.02 Å². The van der Waals surface area contributed by atoms with Gasteiger partial charge in [0.05, 0.1) is 12.5 Å². The van der Waals surface area contributed by atoms with Crippen LogP contribution in [0.1, 0.15) is 25.8 Å². The molecular weight excluding hydrogens is 238 g/mol. The Kier molecular flexibility index (Phi) is 4.97. The number of aliphatic hydroxyl groups excluding tert-OH is 1. The zero-order chi connectivity index (χ0) is 13.0. The molecule has 0 aliphatic heterocycles. The molecule has 0 aliphatic rings. The standard InChI is InChI=1S/C13H18ClNO2/c1-8(2)12(16)7-13(17)15-11-5-4-10(14)6-9(11)3/h4-6,8,12,16H,7H2,1-3H3,(H,15,17). The quantitative estimate of drug-likeness (QED) is 0.869. The van der Waals surface area contributed by atoms with E-state index in [1.54, 1.807) is 18.2 Å². The minimum absolute atomic E-state index is 0.0760. The average Bonchev–Trinajstić information content (AvgIpc) is 2.22. The SMILES string of the molecule is Cc1cc(Cl)ccc1NC(=O)CC(O)C(C)C. The number of amides is 1. The highest BCUT2D eigenvalue weighted by Crippen LogP contribution is 2.20. The molecule has 0 aromatic heterocycles. The van der Waals surface area contributed by atoms with Crippen LogP contribution in [0.2, 0.25) is 5.02 Å². The van der Waals surface area contributed by atoms with E-state index in [4.69, 9.17) is 11.6 Å². The zero-order valence-corrected chi connectivity index (χ0v) is 11.1. The minimum Gasteiger partial charge on any atom is -0.392 e. The molecule has 0 radical (unpaired) electrons. The molecule has 0 saturated heterocycles. The third-order valence-electron chi connectivity index (χ3n) is 2.63. The highest BCUT2D eigenvalue weighted by atomic mass is 35.5. The first kappa shape index (κ1) is 14.0. The van der Waals surface area contributed by atoms with Crippen molar-refractivity contribution in [3.63, 3.8) is 0 Å². The van der Waals surface area contributed by atoms with Gasteiger partial charge in [-0.15, -0.1) is 0 Å². The summed E-state index contributed by atoms with van der Waals surface area (Å²) in [4.78, 5) is 11.7. The van der Waals surface area contributed by atoms with Crippen molar-refractivity contribution >= 4 is 23.2 Å². The number of halogens is 1. The number of anilines is 1. The fourth-order valence-electron chi connectivity index (χ4n) is 1.39. The van der Waals surface area contributed by atoms with Gasteiger partial charge in [0.25, 0.3) is 0 Å². The second kappa shape index (κ2) is 6.03. The fourth-order valence-corrected chi connectivity index (χ4v) is 1.62. The van der Waals surface area contributed by atoms with Crippen LogP contribution in [0, 0.1) is 12.8 Å². The number of rotatable bonds is 4. The van der Waals surface area contributed by atoms with E-state index in [9.17, 15) is 9.90 Å². The van der Waals surface area contributed by atoms with Crippen LogP contribution < -0.4 is 5.32 Å². The van der Waals surface area contributed by atoms with Crippen LogP contribution in [-0.2, 0) is 4.79 Å². The molecule has 1 rings (SSSR count). The van der Waals surface area contributed by atoms with Crippen LogP contribution in [0.15, 0.2) is 18.2 Å². The summed E-state index contributed by atoms with van der Waals surface area (Å²) >= 11 is 5.83. The van der Waals surface area contributed by atoms with Crippen LogP contribution in [0.3, 0.4) is 0 Å². The predicted molar refractivity (Wildman–Crippen MR) is 70.3 cm³/mol. The first-order valence-corrected chi connectivity index (χ1v) is 6.02. The molecule has 0 bridgehead atoms. The Labute approximate surface area is 107 Å². The van der Waals surface area contributed by atoms with Gasteiger partial charge < -0.3 is 10.4 Å². The molecule has 0 spiro atoms. The number of nitrogens with one attached hydrogen (secondary N) is 1. The van der Waals surface area contributed by atoms with E-state index in [-0.39, 0.29) is 18.2 Å². The summed E-state index contributed by atoms with van der Waals surface area (Å²) in [5, 5.41) is 13.0. The molecular formula is C13H18ClNO2. The molecule has 1 amide bonds. The van der Waals surface area contributed by atoms with Gasteiger partial charge >= 0.3 is 0 Å². The van der Waals surface area contributed by atoms with Crippen molar-refractivity contribution in [2.75, 3.05) is 5.32 Å². The molecule has 1 aromatic rings. The molecule has 3 nitrogen and oxygen atoms in total. The monoisotopic (exact) mass is 255 g/mol. The molecule has 0 saturated carbocycles. The van der Waals surface area contributed by atoms with Crippen LogP contribution >= 0.6 is 11.6 Å². The zero-order valence-electron chi connectivity index (χ0n) is 10.3. The summed E-state index contributed by atoms with van der Waals surface area (Å²) in [5.41, 5.74) is 1.64. The Balaban J connectivity index is 2.62. The maximum atomic E-state index is 11.7. The van der Waals surface area contributed by atoms with Gasteiger partial charge in [-0.25, -0.2) is 0 Å². The summed E-state index contributed by atoms with van der Waals surface area (Å²) in [6.45, 7) is 5.64. The Hall–Kier alpha value is -1.06. The number of aryl methyl sites for hydroxylation is 1. The molecule has 0 fully saturated rings. The van der Waals surface area contributed by atoms with Crippen molar-refractivity contribution < 1.29 is 9.90 Å². The van der Waals surface area contributed by atoms with E-state index in [1.165, 1.54) is 0 Å². The van der Waals surface area contributed by atoms with Crippen LogP contribution in [0.25, 0.3) is 0 Å². The highest BCUT2D eigenvalue weighted by Gasteiger charge is 2.14. The summed E-state index contributed by atoms with van der Waals surface area (Å²) in [7, 11) is 0. The van der Waals surface area contributed by atoms with Gasteiger partial charge in [0.2, 0.25) is 5.91 Å². The van der Waals surface area contributed by atoms with E-state index in [0.717, 1.165) is 11.3 Å². The van der Waals surface area contributed by atoms with Crippen molar-refractivity contribution in [3.8, 4) is 0 Å². The van der Waals surface area contributed by atoms with E-state index in [1.807, 2.05) is 20.8 Å². The average molecular weight is 256 g/mol. The van der Waals surface area contributed by atoms with Gasteiger partial charge in [-0.1, -0.05) is 25.4 Å². The lowest BCUT2D eigenvalue weighted by molar-refractivity contribution is -0.118. The summed E-state index contributed by atoms with van der Waals surface area (Å²) in [5.74, 6) is -0.108. The summed E-state index contributed by atoms with van der Waals surface area (Å²) < 4.78 is 0. The third-order valence-corrected chi connectivity index (χ3v) is 2.86. The molecule has 0 aliphatic carbocycles. The predicted octanol–water partition coefficient (Wildman–Crippen LogP) is 2.99. The van der Waals surface area contributed by atoms with Crippen LogP contribution in [0.5, 0.6) is 0 Å². The second-order valence-corrected chi connectivity index (χ2v) is 4.96. The molecule has 1 unspecified atom stereocenters. The Morgan fingerprint density at radius 3 is 2.65 bits per heavy atom. The minimum atomic E-state index is -0.609. The normalized spacial score (nSPS) is 12.6. The number of benzene rings is 1. The molecule has 2 N–H and O–H groups in total. The van der Waals surface area contributed by atoms with Crippen molar-refractivity contribution in [1.82, 2.24) is 0 Å². The maximum absolute atomic E-state index is 11.7. The van der Waals surface area contributed by atoms with Crippen LogP contribution in [-0.4, -0.2) is 17.1 Å². The lowest BCUT2D eigenvalue weighted by Gasteiger charge is -2.14. The van der Waals surface area contributed by atoms with Gasteiger partial charge in [0, 0.05) is 10.7 Å². The second-order valence-electron chi connectivity index (χ2n) is 4.52. The molecule has 1 atom stereocenters. The number of carbonyl (C=O) groups excluding carboxylic acids is 1. The fraction of sp³-hybridized carbons (Fsp3) is 0.462. The largest absolute Gasteiger partial charge is 0.392 e. The van der Waals surface area contributed by atoms with Gasteiger partial charge in [-0.3, -0.25) is 4.79 Å². The molecule has 4 heteroatoms. The number of hydrogen-bond acceptors (Lipinski definition) is 2. The van der Waals surface area contributed by atoms with Gasteiger partial charge in [0.1, 0.15) is 0 Å². The van der Waals surface area contributed by atoms with Gasteiger partial charge in [0.15, 0.2) is 0 Å². The highest BCUT2D eigenvalue weighted by molar-refractivity contribution is 6.30. The smallest absolute Gasteiger partial charge is 0.226 e. The first-order valence-electron chi connectivity index (χ1n) is 5.64. The van der Waals surface area contributed by atoms with Gasteiger partial charge in [-0.05, 0) is 36.6 Å². The lowest BCUT2D eigenvalue weighted by Crippen LogP contribution is -2.23. The number of aliphatic hydroxyl groups is 1. The van der Waals surface area contributed by atoms with Crippen molar-refractivity contribution in [1.29, 1.82) is 0 Å². The maximum Gasteiger partial charge on any atom is 0.226 e. The molecule has 1 aromatic carbocycles. The van der Waals surface area contributed by atoms with E-state index in [2.05, 4.69) is 5.32 Å². The Morgan fingerprint density at radius 1 is 1.47 bits per heavy atom. The van der Waals surface area contributed by atoms with Crippen LogP contribution in [0.4, 0.5) is 5.69 Å². The van der Waals surface area contributed by atoms with E-state index < -0.39 is 6.10 Å². The lowest BCUT2D eigenvalue weighted by atomic mass is 10.0.